The molecule has 1 atom stereocenters. The van der Waals surface area contributed by atoms with Crippen molar-refractivity contribution >= 4 is 11.8 Å². The van der Waals surface area contributed by atoms with Gasteiger partial charge >= 0.3 is 0 Å². The number of carbonyl (C=O) groups is 2. The van der Waals surface area contributed by atoms with Crippen LogP contribution in [0.3, 0.4) is 0 Å². The fourth-order valence-electron chi connectivity index (χ4n) is 4.47. The maximum Gasteiger partial charge on any atom is 0.247 e. The Morgan fingerprint density at radius 1 is 1.32 bits per heavy atom. The molecule has 0 unspecified atom stereocenters. The molecule has 2 aromatic heterocycles. The Morgan fingerprint density at radius 3 is 2.68 bits per heavy atom. The lowest BCUT2D eigenvalue weighted by Gasteiger charge is -2.39. The van der Waals surface area contributed by atoms with Crippen LogP contribution in [-0.4, -0.2) is 56.2 Å². The minimum absolute atomic E-state index is 0.0260. The summed E-state index contributed by atoms with van der Waals surface area (Å²) in [6.07, 6.45) is 5.78. The number of aromatic nitrogens is 3. The second-order valence-electron chi connectivity index (χ2n) is 8.22. The molecule has 0 bridgehead atoms. The van der Waals surface area contributed by atoms with Gasteiger partial charge in [-0.05, 0) is 39.7 Å². The third kappa shape index (κ3) is 3.31. The fraction of sp³-hybridized carbons (Fsp3) is 0.600. The van der Waals surface area contributed by atoms with Crippen molar-refractivity contribution < 1.29 is 14.1 Å². The number of likely N-dealkylation sites (tertiary alicyclic amines) is 2. The first-order valence-corrected chi connectivity index (χ1v) is 9.86. The number of piperidine rings is 1. The van der Waals surface area contributed by atoms with E-state index in [0.717, 1.165) is 36.4 Å². The van der Waals surface area contributed by atoms with Gasteiger partial charge < -0.3 is 14.3 Å². The highest BCUT2D eigenvalue weighted by molar-refractivity contribution is 5.81. The van der Waals surface area contributed by atoms with E-state index in [4.69, 9.17) is 4.52 Å². The fourth-order valence-corrected chi connectivity index (χ4v) is 4.47. The van der Waals surface area contributed by atoms with E-state index < -0.39 is 0 Å². The first-order chi connectivity index (χ1) is 13.4. The molecule has 2 aliphatic rings. The maximum atomic E-state index is 12.8. The highest BCUT2D eigenvalue weighted by Gasteiger charge is 2.46. The first-order valence-electron chi connectivity index (χ1n) is 9.86. The Balaban J connectivity index is 1.38. The van der Waals surface area contributed by atoms with Gasteiger partial charge in [0.15, 0.2) is 0 Å². The summed E-state index contributed by atoms with van der Waals surface area (Å²) < 4.78 is 6.92. The molecule has 2 amide bonds. The van der Waals surface area contributed by atoms with E-state index in [9.17, 15) is 9.59 Å². The lowest BCUT2D eigenvalue weighted by atomic mass is 9.77. The van der Waals surface area contributed by atoms with E-state index in [0.29, 0.717) is 26.1 Å². The Labute approximate surface area is 164 Å². The zero-order valence-electron chi connectivity index (χ0n) is 16.7. The SMILES string of the molecule is Cc1noc(C)c1CN1CC2(CCN(C(=O)[C@@H](C)n3cccn3)CC2)CC1=O. The van der Waals surface area contributed by atoms with Crippen LogP contribution < -0.4 is 0 Å². The van der Waals surface area contributed by atoms with Crippen molar-refractivity contribution in [1.29, 1.82) is 0 Å². The van der Waals surface area contributed by atoms with Gasteiger partial charge in [0.2, 0.25) is 11.8 Å². The second kappa shape index (κ2) is 7.07. The molecule has 2 aromatic rings. The van der Waals surface area contributed by atoms with Gasteiger partial charge in [0.25, 0.3) is 0 Å². The monoisotopic (exact) mass is 385 g/mol. The van der Waals surface area contributed by atoms with Crippen LogP contribution in [0.25, 0.3) is 0 Å². The molecule has 0 radical (unpaired) electrons. The van der Waals surface area contributed by atoms with Gasteiger partial charge in [-0.15, -0.1) is 0 Å². The molecule has 28 heavy (non-hydrogen) atoms. The van der Waals surface area contributed by atoms with Crippen molar-refractivity contribution in [3.8, 4) is 0 Å². The minimum atomic E-state index is -0.301. The number of hydrogen-bond donors (Lipinski definition) is 0. The van der Waals surface area contributed by atoms with Crippen molar-refractivity contribution in [2.24, 2.45) is 5.41 Å². The Bertz CT molecular complexity index is 845. The van der Waals surface area contributed by atoms with Crippen LogP contribution in [0, 0.1) is 19.3 Å². The summed E-state index contributed by atoms with van der Waals surface area (Å²) in [4.78, 5) is 29.3. The third-order valence-corrected chi connectivity index (χ3v) is 6.35. The summed E-state index contributed by atoms with van der Waals surface area (Å²) in [6, 6.07) is 1.53. The molecular weight excluding hydrogens is 358 g/mol. The molecule has 1 spiro atoms. The number of carbonyl (C=O) groups excluding carboxylic acids is 2. The lowest BCUT2D eigenvalue weighted by molar-refractivity contribution is -0.136. The Hall–Kier alpha value is -2.64. The molecule has 150 valence electrons. The van der Waals surface area contributed by atoms with E-state index in [1.807, 2.05) is 42.8 Å². The van der Waals surface area contributed by atoms with E-state index in [1.165, 1.54) is 0 Å². The minimum Gasteiger partial charge on any atom is -0.361 e. The summed E-state index contributed by atoms with van der Waals surface area (Å²) in [6.45, 7) is 8.36. The molecule has 4 rings (SSSR count). The van der Waals surface area contributed by atoms with E-state index in [2.05, 4.69) is 10.3 Å². The molecule has 4 heterocycles. The van der Waals surface area contributed by atoms with Crippen LogP contribution in [0.1, 0.15) is 49.2 Å². The predicted octanol–water partition coefficient (Wildman–Crippen LogP) is 2.09. The van der Waals surface area contributed by atoms with E-state index in [1.54, 1.807) is 10.9 Å². The average molecular weight is 385 g/mol. The largest absolute Gasteiger partial charge is 0.361 e. The smallest absolute Gasteiger partial charge is 0.247 e. The van der Waals surface area contributed by atoms with Gasteiger partial charge in [-0.25, -0.2) is 0 Å². The van der Waals surface area contributed by atoms with E-state index in [-0.39, 0.29) is 23.3 Å². The van der Waals surface area contributed by atoms with Crippen LogP contribution in [0.5, 0.6) is 0 Å². The molecule has 2 saturated heterocycles. The maximum absolute atomic E-state index is 12.8. The van der Waals surface area contributed by atoms with E-state index >= 15 is 0 Å². The number of hydrogen-bond acceptors (Lipinski definition) is 5. The molecular formula is C20H27N5O3. The van der Waals surface area contributed by atoms with Crippen LogP contribution in [0.15, 0.2) is 23.0 Å². The molecule has 8 nitrogen and oxygen atoms in total. The van der Waals surface area contributed by atoms with Gasteiger partial charge in [-0.2, -0.15) is 5.10 Å². The number of aryl methyl sites for hydroxylation is 2. The molecule has 2 aliphatic heterocycles. The third-order valence-electron chi connectivity index (χ3n) is 6.35. The first kappa shape index (κ1) is 18.7. The van der Waals surface area contributed by atoms with Gasteiger partial charge in [-0.1, -0.05) is 5.16 Å². The summed E-state index contributed by atoms with van der Waals surface area (Å²) in [5, 5.41) is 8.17. The van der Waals surface area contributed by atoms with Crippen LogP contribution >= 0.6 is 0 Å². The number of amides is 2. The Kier molecular flexibility index (Phi) is 4.72. The van der Waals surface area contributed by atoms with Gasteiger partial charge in [0.05, 0.1) is 12.2 Å². The zero-order chi connectivity index (χ0) is 19.9. The second-order valence-corrected chi connectivity index (χ2v) is 8.22. The topological polar surface area (TPSA) is 84.5 Å². The highest BCUT2D eigenvalue weighted by atomic mass is 16.5. The molecule has 0 N–H and O–H groups in total. The molecule has 8 heteroatoms. The normalized spacial score (nSPS) is 20.2. The van der Waals surface area contributed by atoms with Crippen LogP contribution in [0.2, 0.25) is 0 Å². The standard InChI is InChI=1S/C20H27N5O3/c1-14-17(16(3)28-22-14)12-24-13-20(11-18(24)26)5-9-23(10-6-20)19(27)15(2)25-8-4-7-21-25/h4,7-8,15H,5-6,9-13H2,1-3H3/t15-/m1/s1. The highest BCUT2D eigenvalue weighted by Crippen LogP contribution is 2.42. The lowest BCUT2D eigenvalue weighted by Crippen LogP contribution is -2.46. The van der Waals surface area contributed by atoms with Gasteiger partial charge in [-0.3, -0.25) is 14.3 Å². The average Bonchev–Trinajstić information content (AvgIpc) is 3.39. The van der Waals surface area contributed by atoms with Crippen molar-refractivity contribution in [1.82, 2.24) is 24.7 Å². The van der Waals surface area contributed by atoms with Crippen molar-refractivity contribution in [2.45, 2.75) is 52.6 Å². The van der Waals surface area contributed by atoms with Crippen molar-refractivity contribution in [2.75, 3.05) is 19.6 Å². The zero-order valence-corrected chi connectivity index (χ0v) is 16.7. The molecule has 0 saturated carbocycles. The van der Waals surface area contributed by atoms with Crippen LogP contribution in [-0.2, 0) is 16.1 Å². The predicted molar refractivity (Wildman–Crippen MR) is 101 cm³/mol. The summed E-state index contributed by atoms with van der Waals surface area (Å²) in [7, 11) is 0. The van der Waals surface area contributed by atoms with Crippen LogP contribution in [0.4, 0.5) is 0 Å². The molecule has 0 aliphatic carbocycles. The Morgan fingerprint density at radius 2 is 2.07 bits per heavy atom. The van der Waals surface area contributed by atoms with Gasteiger partial charge in [0, 0.05) is 49.4 Å². The number of rotatable bonds is 4. The summed E-state index contributed by atoms with van der Waals surface area (Å²) in [5.74, 6) is 1.06. The molecule has 0 aromatic carbocycles. The van der Waals surface area contributed by atoms with Gasteiger partial charge in [0.1, 0.15) is 11.8 Å². The number of nitrogens with zero attached hydrogens (tertiary/aromatic N) is 5. The summed E-state index contributed by atoms with van der Waals surface area (Å²) in [5.41, 5.74) is 1.83. The summed E-state index contributed by atoms with van der Waals surface area (Å²) >= 11 is 0. The quantitative estimate of drug-likeness (QED) is 0.805. The van der Waals surface area contributed by atoms with Crippen molar-refractivity contribution in [3.63, 3.8) is 0 Å². The molecule has 2 fully saturated rings. The van der Waals surface area contributed by atoms with Crippen molar-refractivity contribution in [3.05, 3.63) is 35.5 Å².